The molecule has 0 amide bonds. The van der Waals surface area contributed by atoms with E-state index in [2.05, 4.69) is 11.9 Å². The average molecular weight is 216 g/mol. The summed E-state index contributed by atoms with van der Waals surface area (Å²) in [6.45, 7) is 2.21. The molecule has 0 aromatic carbocycles. The summed E-state index contributed by atoms with van der Waals surface area (Å²) < 4.78 is 5.25. The first-order valence-corrected chi connectivity index (χ1v) is 5.88. The summed E-state index contributed by atoms with van der Waals surface area (Å²) in [5.41, 5.74) is 5.87. The number of nitrogens with two attached hydrogens (primary N) is 1. The molecule has 1 aliphatic carbocycles. The second-order valence-corrected chi connectivity index (χ2v) is 4.39. The molecule has 1 aliphatic rings. The molecule has 0 atom stereocenters. The van der Waals surface area contributed by atoms with Gasteiger partial charge in [0.1, 0.15) is 0 Å². The van der Waals surface area contributed by atoms with Crippen molar-refractivity contribution in [1.29, 1.82) is 0 Å². The molecule has 4 nitrogen and oxygen atoms in total. The Kier molecular flexibility index (Phi) is 6.17. The third kappa shape index (κ3) is 4.93. The molecule has 0 spiro atoms. The number of hydrogen-bond donors (Lipinski definition) is 2. The summed E-state index contributed by atoms with van der Waals surface area (Å²) in [5, 5.41) is 8.56. The van der Waals surface area contributed by atoms with Gasteiger partial charge in [0, 0.05) is 18.6 Å². The van der Waals surface area contributed by atoms with Gasteiger partial charge in [0.05, 0.1) is 19.8 Å². The van der Waals surface area contributed by atoms with Crippen LogP contribution in [0.1, 0.15) is 25.7 Å². The molecule has 0 unspecified atom stereocenters. The van der Waals surface area contributed by atoms with E-state index in [9.17, 15) is 0 Å². The molecular formula is C11H24N2O2. The maximum absolute atomic E-state index is 8.56. The van der Waals surface area contributed by atoms with Crippen LogP contribution in [0.5, 0.6) is 0 Å². The molecule has 0 aliphatic heterocycles. The Bertz CT molecular complexity index is 159. The maximum Gasteiger partial charge on any atom is 0.0698 e. The zero-order valence-corrected chi connectivity index (χ0v) is 9.69. The Morgan fingerprint density at radius 2 is 1.93 bits per heavy atom. The molecule has 0 saturated heterocycles. The third-order valence-electron chi connectivity index (χ3n) is 3.19. The highest BCUT2D eigenvalue weighted by molar-refractivity contribution is 4.79. The van der Waals surface area contributed by atoms with Crippen molar-refractivity contribution in [1.82, 2.24) is 4.90 Å². The van der Waals surface area contributed by atoms with Gasteiger partial charge in [0.15, 0.2) is 0 Å². The van der Waals surface area contributed by atoms with E-state index in [1.54, 1.807) is 0 Å². The topological polar surface area (TPSA) is 58.7 Å². The van der Waals surface area contributed by atoms with Crippen LogP contribution in [0.4, 0.5) is 0 Å². The molecule has 0 heterocycles. The zero-order chi connectivity index (χ0) is 11.1. The smallest absolute Gasteiger partial charge is 0.0698 e. The number of ether oxygens (including phenoxy) is 1. The van der Waals surface area contributed by atoms with Gasteiger partial charge in [-0.3, -0.25) is 0 Å². The molecule has 1 fully saturated rings. The van der Waals surface area contributed by atoms with Crippen LogP contribution < -0.4 is 5.73 Å². The first-order chi connectivity index (χ1) is 7.24. The summed E-state index contributed by atoms with van der Waals surface area (Å²) in [4.78, 5) is 2.35. The molecule has 1 saturated carbocycles. The van der Waals surface area contributed by atoms with Crippen molar-refractivity contribution >= 4 is 0 Å². The minimum Gasteiger partial charge on any atom is -0.394 e. The Labute approximate surface area is 92.4 Å². The summed E-state index contributed by atoms with van der Waals surface area (Å²) >= 11 is 0. The fraction of sp³-hybridized carbons (Fsp3) is 1.00. The summed E-state index contributed by atoms with van der Waals surface area (Å²) in [5.74, 6) is 0. The van der Waals surface area contributed by atoms with Crippen molar-refractivity contribution in [2.45, 2.75) is 37.8 Å². The minimum atomic E-state index is 0.113. The fourth-order valence-corrected chi connectivity index (χ4v) is 2.10. The molecule has 0 aromatic heterocycles. The van der Waals surface area contributed by atoms with Gasteiger partial charge < -0.3 is 20.5 Å². The number of hydrogen-bond acceptors (Lipinski definition) is 4. The van der Waals surface area contributed by atoms with E-state index in [0.717, 1.165) is 19.4 Å². The number of likely N-dealkylation sites (N-methyl/N-ethyl adjacent to an activating group) is 1. The fourth-order valence-electron chi connectivity index (χ4n) is 2.10. The average Bonchev–Trinajstić information content (AvgIpc) is 2.25. The Hall–Kier alpha value is -0.160. The summed E-state index contributed by atoms with van der Waals surface area (Å²) in [6.07, 6.45) is 4.70. The van der Waals surface area contributed by atoms with Crippen LogP contribution in [0.3, 0.4) is 0 Å². The first kappa shape index (κ1) is 12.9. The molecular weight excluding hydrogens is 192 g/mol. The van der Waals surface area contributed by atoms with Crippen LogP contribution in [0, 0.1) is 0 Å². The largest absolute Gasteiger partial charge is 0.394 e. The second-order valence-electron chi connectivity index (χ2n) is 4.39. The van der Waals surface area contributed by atoms with Crippen molar-refractivity contribution in [2.75, 3.05) is 33.4 Å². The first-order valence-electron chi connectivity index (χ1n) is 5.88. The minimum absolute atomic E-state index is 0.113. The zero-order valence-electron chi connectivity index (χ0n) is 9.69. The van der Waals surface area contributed by atoms with E-state index in [0.29, 0.717) is 25.3 Å². The maximum atomic E-state index is 8.56. The lowest BCUT2D eigenvalue weighted by Crippen LogP contribution is -2.40. The van der Waals surface area contributed by atoms with Crippen LogP contribution in [-0.4, -0.2) is 55.5 Å². The van der Waals surface area contributed by atoms with Crippen molar-refractivity contribution in [3.05, 3.63) is 0 Å². The number of nitrogens with zero attached hydrogens (tertiary/aromatic N) is 1. The van der Waals surface area contributed by atoms with Crippen LogP contribution in [0.2, 0.25) is 0 Å². The molecule has 4 heteroatoms. The SMILES string of the molecule is CN(CCOCCO)C1CCC(N)CC1. The van der Waals surface area contributed by atoms with E-state index in [1.165, 1.54) is 12.8 Å². The van der Waals surface area contributed by atoms with Gasteiger partial charge in [-0.15, -0.1) is 0 Å². The van der Waals surface area contributed by atoms with E-state index < -0.39 is 0 Å². The predicted molar refractivity (Wildman–Crippen MR) is 60.8 cm³/mol. The van der Waals surface area contributed by atoms with E-state index in [1.807, 2.05) is 0 Å². The highest BCUT2D eigenvalue weighted by Gasteiger charge is 2.21. The van der Waals surface area contributed by atoms with Crippen LogP contribution in [0.25, 0.3) is 0 Å². The van der Waals surface area contributed by atoms with Gasteiger partial charge in [0.25, 0.3) is 0 Å². The lowest BCUT2D eigenvalue weighted by Gasteiger charge is -2.33. The molecule has 0 radical (unpaired) electrons. The Balaban J connectivity index is 2.08. The monoisotopic (exact) mass is 216 g/mol. The third-order valence-corrected chi connectivity index (χ3v) is 3.19. The standard InChI is InChI=1S/C11H24N2O2/c1-13(6-8-15-9-7-14)11-4-2-10(12)3-5-11/h10-11,14H,2-9,12H2,1H3. The lowest BCUT2D eigenvalue weighted by atomic mass is 9.91. The lowest BCUT2D eigenvalue weighted by molar-refractivity contribution is 0.0649. The van der Waals surface area contributed by atoms with Crippen LogP contribution in [-0.2, 0) is 4.74 Å². The van der Waals surface area contributed by atoms with Crippen LogP contribution in [0.15, 0.2) is 0 Å². The van der Waals surface area contributed by atoms with Gasteiger partial charge in [-0.25, -0.2) is 0 Å². The molecule has 0 aromatic rings. The van der Waals surface area contributed by atoms with Crippen molar-refractivity contribution < 1.29 is 9.84 Å². The van der Waals surface area contributed by atoms with Crippen molar-refractivity contribution in [3.63, 3.8) is 0 Å². The number of aliphatic hydroxyl groups excluding tert-OH is 1. The van der Waals surface area contributed by atoms with Crippen LogP contribution >= 0.6 is 0 Å². The molecule has 15 heavy (non-hydrogen) atoms. The van der Waals surface area contributed by atoms with Crippen molar-refractivity contribution in [3.8, 4) is 0 Å². The van der Waals surface area contributed by atoms with Gasteiger partial charge in [-0.05, 0) is 32.7 Å². The Morgan fingerprint density at radius 3 is 2.53 bits per heavy atom. The number of rotatable bonds is 6. The van der Waals surface area contributed by atoms with E-state index >= 15 is 0 Å². The Morgan fingerprint density at radius 1 is 1.27 bits per heavy atom. The summed E-state index contributed by atoms with van der Waals surface area (Å²) in [7, 11) is 2.14. The highest BCUT2D eigenvalue weighted by atomic mass is 16.5. The highest BCUT2D eigenvalue weighted by Crippen LogP contribution is 2.20. The van der Waals surface area contributed by atoms with Gasteiger partial charge in [0.2, 0.25) is 0 Å². The molecule has 3 N–H and O–H groups in total. The number of aliphatic hydroxyl groups is 1. The van der Waals surface area contributed by atoms with Crippen molar-refractivity contribution in [2.24, 2.45) is 5.73 Å². The summed E-state index contributed by atoms with van der Waals surface area (Å²) in [6, 6.07) is 1.09. The normalized spacial score (nSPS) is 27.2. The van der Waals surface area contributed by atoms with E-state index in [4.69, 9.17) is 15.6 Å². The quantitative estimate of drug-likeness (QED) is 0.623. The van der Waals surface area contributed by atoms with Gasteiger partial charge >= 0.3 is 0 Å². The van der Waals surface area contributed by atoms with Gasteiger partial charge in [-0.1, -0.05) is 0 Å². The van der Waals surface area contributed by atoms with Gasteiger partial charge in [-0.2, -0.15) is 0 Å². The molecule has 0 bridgehead atoms. The predicted octanol–water partition coefficient (Wildman–Crippen LogP) is 0.197. The van der Waals surface area contributed by atoms with E-state index in [-0.39, 0.29) is 6.61 Å². The molecule has 90 valence electrons. The second kappa shape index (κ2) is 7.17. The molecule has 1 rings (SSSR count).